The van der Waals surface area contributed by atoms with Gasteiger partial charge in [0.15, 0.2) is 0 Å². The molecule has 20 heavy (non-hydrogen) atoms. The van der Waals surface area contributed by atoms with Crippen molar-refractivity contribution in [3.63, 3.8) is 0 Å². The van der Waals surface area contributed by atoms with Gasteiger partial charge >= 0.3 is 0 Å². The zero-order valence-corrected chi connectivity index (χ0v) is 12.2. The van der Waals surface area contributed by atoms with Crippen LogP contribution in [0, 0.1) is 0 Å². The molecule has 2 aromatic rings. The summed E-state index contributed by atoms with van der Waals surface area (Å²) >= 11 is 0. The molecule has 0 bridgehead atoms. The topological polar surface area (TPSA) is 21.1 Å². The summed E-state index contributed by atoms with van der Waals surface area (Å²) in [7, 11) is 0. The highest BCUT2D eigenvalue weighted by molar-refractivity contribution is 5.33. The van der Waals surface area contributed by atoms with Crippen LogP contribution < -0.4 is 0 Å². The number of aromatic nitrogens is 2. The fourth-order valence-electron chi connectivity index (χ4n) is 3.14. The van der Waals surface area contributed by atoms with Crippen LogP contribution in [0.25, 0.3) is 5.69 Å². The van der Waals surface area contributed by atoms with E-state index in [0.717, 1.165) is 18.3 Å². The molecule has 3 rings (SSSR count). The number of piperidine rings is 1. The van der Waals surface area contributed by atoms with Crippen LogP contribution in [-0.2, 0) is 6.54 Å². The molecular formula is C17H23N3. The standard InChI is InChI=1S/C17H23N3/c1-2-16-6-3-4-12-19(16)14-15-7-9-17(10-8-15)20-13-5-11-18-20/h5,7-11,13,16H,2-4,6,12,14H2,1H3/t16-/m0/s1. The van der Waals surface area contributed by atoms with E-state index in [1.807, 2.05) is 23.1 Å². The Morgan fingerprint density at radius 1 is 1.20 bits per heavy atom. The van der Waals surface area contributed by atoms with Gasteiger partial charge in [-0.2, -0.15) is 5.10 Å². The number of hydrogen-bond acceptors (Lipinski definition) is 2. The van der Waals surface area contributed by atoms with Crippen LogP contribution >= 0.6 is 0 Å². The largest absolute Gasteiger partial charge is 0.296 e. The van der Waals surface area contributed by atoms with E-state index in [1.165, 1.54) is 37.8 Å². The number of nitrogens with zero attached hydrogens (tertiary/aromatic N) is 3. The Balaban J connectivity index is 1.68. The van der Waals surface area contributed by atoms with Crippen molar-refractivity contribution in [3.8, 4) is 5.69 Å². The van der Waals surface area contributed by atoms with E-state index >= 15 is 0 Å². The van der Waals surface area contributed by atoms with Crippen molar-refractivity contribution in [2.24, 2.45) is 0 Å². The van der Waals surface area contributed by atoms with Crippen molar-refractivity contribution < 1.29 is 0 Å². The Bertz CT molecular complexity index is 516. The minimum Gasteiger partial charge on any atom is -0.296 e. The predicted octanol–water partition coefficient (Wildman–Crippen LogP) is 3.64. The molecule has 1 atom stereocenters. The average molecular weight is 269 g/mol. The number of likely N-dealkylation sites (tertiary alicyclic amines) is 1. The van der Waals surface area contributed by atoms with Crippen molar-refractivity contribution in [1.82, 2.24) is 14.7 Å². The molecule has 3 nitrogen and oxygen atoms in total. The minimum absolute atomic E-state index is 0.773. The molecule has 0 spiro atoms. The first kappa shape index (κ1) is 13.4. The molecule has 0 aliphatic carbocycles. The second kappa shape index (κ2) is 6.23. The van der Waals surface area contributed by atoms with Gasteiger partial charge in [-0.05, 0) is 49.6 Å². The number of hydrogen-bond donors (Lipinski definition) is 0. The monoisotopic (exact) mass is 269 g/mol. The fraction of sp³-hybridized carbons (Fsp3) is 0.471. The summed E-state index contributed by atoms with van der Waals surface area (Å²) in [6.07, 6.45) is 9.17. The molecule has 1 aliphatic rings. The SMILES string of the molecule is CC[C@H]1CCCCN1Cc1ccc(-n2cccn2)cc1. The van der Waals surface area contributed by atoms with Crippen molar-refractivity contribution in [1.29, 1.82) is 0 Å². The molecule has 1 aliphatic heterocycles. The Kier molecular flexibility index (Phi) is 4.16. The van der Waals surface area contributed by atoms with Crippen LogP contribution in [0.2, 0.25) is 0 Å². The molecule has 3 heteroatoms. The third-order valence-electron chi connectivity index (χ3n) is 4.31. The molecule has 1 aromatic heterocycles. The van der Waals surface area contributed by atoms with Gasteiger partial charge in [-0.25, -0.2) is 4.68 Å². The van der Waals surface area contributed by atoms with Crippen LogP contribution in [0.4, 0.5) is 0 Å². The predicted molar refractivity (Wildman–Crippen MR) is 81.9 cm³/mol. The maximum atomic E-state index is 4.26. The highest BCUT2D eigenvalue weighted by Gasteiger charge is 2.20. The summed E-state index contributed by atoms with van der Waals surface area (Å²) < 4.78 is 1.90. The van der Waals surface area contributed by atoms with Gasteiger partial charge in [-0.1, -0.05) is 25.5 Å². The zero-order valence-electron chi connectivity index (χ0n) is 12.2. The lowest BCUT2D eigenvalue weighted by molar-refractivity contribution is 0.136. The van der Waals surface area contributed by atoms with Crippen LogP contribution in [0.5, 0.6) is 0 Å². The summed E-state index contributed by atoms with van der Waals surface area (Å²) in [6.45, 7) is 4.64. The lowest BCUT2D eigenvalue weighted by Gasteiger charge is -2.35. The highest BCUT2D eigenvalue weighted by atomic mass is 15.3. The Labute approximate surface area is 121 Å². The molecule has 106 valence electrons. The third-order valence-corrected chi connectivity index (χ3v) is 4.31. The molecule has 1 fully saturated rings. The molecular weight excluding hydrogens is 246 g/mol. The van der Waals surface area contributed by atoms with Gasteiger partial charge in [0.25, 0.3) is 0 Å². The summed E-state index contributed by atoms with van der Waals surface area (Å²) in [5, 5.41) is 4.26. The van der Waals surface area contributed by atoms with Gasteiger partial charge in [0.1, 0.15) is 0 Å². The molecule has 2 heterocycles. The zero-order chi connectivity index (χ0) is 13.8. The van der Waals surface area contributed by atoms with Crippen LogP contribution in [-0.4, -0.2) is 27.3 Å². The summed E-state index contributed by atoms with van der Waals surface area (Å²) in [5.41, 5.74) is 2.53. The molecule has 0 saturated carbocycles. The maximum absolute atomic E-state index is 4.26. The smallest absolute Gasteiger partial charge is 0.0645 e. The highest BCUT2D eigenvalue weighted by Crippen LogP contribution is 2.22. The molecule has 0 N–H and O–H groups in total. The van der Waals surface area contributed by atoms with Crippen LogP contribution in [0.15, 0.2) is 42.7 Å². The number of benzene rings is 1. The second-order valence-corrected chi connectivity index (χ2v) is 5.65. The molecule has 1 aromatic carbocycles. The lowest BCUT2D eigenvalue weighted by Crippen LogP contribution is -2.38. The molecule has 0 amide bonds. The second-order valence-electron chi connectivity index (χ2n) is 5.65. The first-order chi connectivity index (χ1) is 9.86. The Hall–Kier alpha value is -1.61. The van der Waals surface area contributed by atoms with E-state index in [1.54, 1.807) is 0 Å². The van der Waals surface area contributed by atoms with Crippen molar-refractivity contribution in [2.75, 3.05) is 6.54 Å². The van der Waals surface area contributed by atoms with Crippen LogP contribution in [0.1, 0.15) is 38.2 Å². The molecule has 0 radical (unpaired) electrons. The quantitative estimate of drug-likeness (QED) is 0.845. The van der Waals surface area contributed by atoms with Gasteiger partial charge in [-0.3, -0.25) is 4.90 Å². The molecule has 1 saturated heterocycles. The van der Waals surface area contributed by atoms with Gasteiger partial charge in [0, 0.05) is 25.0 Å². The van der Waals surface area contributed by atoms with E-state index in [2.05, 4.69) is 41.2 Å². The Morgan fingerprint density at radius 3 is 2.75 bits per heavy atom. The van der Waals surface area contributed by atoms with E-state index in [4.69, 9.17) is 0 Å². The van der Waals surface area contributed by atoms with Gasteiger partial charge in [0.05, 0.1) is 5.69 Å². The molecule has 0 unspecified atom stereocenters. The maximum Gasteiger partial charge on any atom is 0.0645 e. The first-order valence-electron chi connectivity index (χ1n) is 7.70. The van der Waals surface area contributed by atoms with Crippen molar-refractivity contribution in [2.45, 2.75) is 45.2 Å². The lowest BCUT2D eigenvalue weighted by atomic mass is 9.99. The average Bonchev–Trinajstić information content (AvgIpc) is 3.03. The minimum atomic E-state index is 0.773. The van der Waals surface area contributed by atoms with E-state index in [0.29, 0.717) is 0 Å². The summed E-state index contributed by atoms with van der Waals surface area (Å²) in [4.78, 5) is 2.65. The Morgan fingerprint density at radius 2 is 2.05 bits per heavy atom. The fourth-order valence-corrected chi connectivity index (χ4v) is 3.14. The third kappa shape index (κ3) is 2.93. The van der Waals surface area contributed by atoms with E-state index in [9.17, 15) is 0 Å². The van der Waals surface area contributed by atoms with E-state index in [-0.39, 0.29) is 0 Å². The van der Waals surface area contributed by atoms with E-state index < -0.39 is 0 Å². The van der Waals surface area contributed by atoms with Crippen LogP contribution in [0.3, 0.4) is 0 Å². The van der Waals surface area contributed by atoms with Gasteiger partial charge < -0.3 is 0 Å². The van der Waals surface area contributed by atoms with Crippen molar-refractivity contribution >= 4 is 0 Å². The van der Waals surface area contributed by atoms with Gasteiger partial charge in [0.2, 0.25) is 0 Å². The van der Waals surface area contributed by atoms with Crippen molar-refractivity contribution in [3.05, 3.63) is 48.3 Å². The summed E-state index contributed by atoms with van der Waals surface area (Å²) in [5.74, 6) is 0. The van der Waals surface area contributed by atoms with Gasteiger partial charge in [-0.15, -0.1) is 0 Å². The number of rotatable bonds is 4. The first-order valence-corrected chi connectivity index (χ1v) is 7.70. The summed E-state index contributed by atoms with van der Waals surface area (Å²) in [6, 6.07) is 11.5. The normalized spacial score (nSPS) is 20.1.